The van der Waals surface area contributed by atoms with E-state index in [0.717, 1.165) is 4.90 Å². The molecule has 0 fully saturated rings. The molecule has 0 aromatic rings. The second kappa shape index (κ2) is 7.58. The van der Waals surface area contributed by atoms with Crippen LogP contribution in [0.3, 0.4) is 0 Å². The lowest BCUT2D eigenvalue weighted by molar-refractivity contribution is -0.127. The zero-order valence-corrected chi connectivity index (χ0v) is 13.7. The number of nitrogens with one attached hydrogen (secondary N) is 1. The molecule has 4 nitrogen and oxygen atoms in total. The van der Waals surface area contributed by atoms with Crippen molar-refractivity contribution < 1.29 is 9.53 Å². The number of nitrogens with zero attached hydrogens (tertiary/aromatic N) is 1. The Morgan fingerprint density at radius 3 is 2.00 bits per heavy atom. The summed E-state index contributed by atoms with van der Waals surface area (Å²) in [5.74, 6) is -1.59. The first-order chi connectivity index (χ1) is 8.01. The highest BCUT2D eigenvalue weighted by Gasteiger charge is 2.42. The normalized spacial score (nSPS) is 12.4. The fourth-order valence-corrected chi connectivity index (χ4v) is 1.53. The predicted octanol–water partition coefficient (Wildman–Crippen LogP) is 3.57. The van der Waals surface area contributed by atoms with Crippen LogP contribution in [0.4, 0.5) is 0 Å². The summed E-state index contributed by atoms with van der Waals surface area (Å²) in [7, 11) is 0. The van der Waals surface area contributed by atoms with Crippen LogP contribution in [0.2, 0.25) is 0 Å². The highest BCUT2D eigenvalue weighted by molar-refractivity contribution is 6.78. The third kappa shape index (κ3) is 6.33. The lowest BCUT2D eigenvalue weighted by Gasteiger charge is -2.29. The first-order valence-electron chi connectivity index (χ1n) is 4.64. The minimum absolute atomic E-state index is 0.0622. The van der Waals surface area contributed by atoms with E-state index in [0.29, 0.717) is 6.61 Å². The molecule has 0 saturated carbocycles. The molecule has 0 bridgehead atoms. The van der Waals surface area contributed by atoms with E-state index in [9.17, 15) is 4.79 Å². The van der Waals surface area contributed by atoms with Gasteiger partial charge in [0.05, 0.1) is 13.2 Å². The van der Waals surface area contributed by atoms with Gasteiger partial charge in [-0.05, 0) is 6.92 Å². The van der Waals surface area contributed by atoms with E-state index in [1.807, 2.05) is 0 Å². The SMILES string of the molecule is CCOCCN(C(=N)C(Cl)(Cl)Cl)C(=O)C(Cl)(Cl)Cl. The van der Waals surface area contributed by atoms with E-state index in [1.54, 1.807) is 6.92 Å². The van der Waals surface area contributed by atoms with Crippen molar-refractivity contribution in [3.63, 3.8) is 0 Å². The molecule has 0 saturated heterocycles. The van der Waals surface area contributed by atoms with Gasteiger partial charge < -0.3 is 4.74 Å². The molecule has 106 valence electrons. The molecular weight excluding hydrogens is 369 g/mol. The molecule has 0 rings (SSSR count). The maximum absolute atomic E-state index is 11.8. The van der Waals surface area contributed by atoms with Crippen molar-refractivity contribution in [2.75, 3.05) is 19.8 Å². The van der Waals surface area contributed by atoms with Crippen LogP contribution in [-0.4, -0.2) is 44.0 Å². The third-order valence-electron chi connectivity index (χ3n) is 1.69. The molecule has 0 unspecified atom stereocenters. The second-order valence-electron chi connectivity index (χ2n) is 3.00. The van der Waals surface area contributed by atoms with E-state index in [-0.39, 0.29) is 13.2 Å². The molecule has 18 heavy (non-hydrogen) atoms. The Balaban J connectivity index is 4.95. The molecule has 1 amide bonds. The smallest absolute Gasteiger partial charge is 0.280 e. The average Bonchev–Trinajstić information content (AvgIpc) is 2.20. The zero-order valence-electron chi connectivity index (χ0n) is 9.15. The summed E-state index contributed by atoms with van der Waals surface area (Å²) in [5, 5.41) is 7.62. The van der Waals surface area contributed by atoms with Gasteiger partial charge in [0.25, 0.3) is 9.70 Å². The minimum atomic E-state index is -2.24. The highest BCUT2D eigenvalue weighted by atomic mass is 35.6. The molecule has 0 spiro atoms. The van der Waals surface area contributed by atoms with Gasteiger partial charge in [0.2, 0.25) is 3.79 Å². The Kier molecular flexibility index (Phi) is 7.93. The van der Waals surface area contributed by atoms with E-state index < -0.39 is 19.3 Å². The summed E-state index contributed by atoms with van der Waals surface area (Å²) in [4.78, 5) is 12.6. The number of ether oxygens (including phenoxy) is 1. The summed E-state index contributed by atoms with van der Waals surface area (Å²) >= 11 is 33.0. The van der Waals surface area contributed by atoms with Gasteiger partial charge in [-0.25, -0.2) is 0 Å². The summed E-state index contributed by atoms with van der Waals surface area (Å²) in [6, 6.07) is 0. The van der Waals surface area contributed by atoms with Gasteiger partial charge >= 0.3 is 0 Å². The molecule has 0 aliphatic heterocycles. The van der Waals surface area contributed by atoms with Crippen LogP contribution >= 0.6 is 69.6 Å². The van der Waals surface area contributed by atoms with Crippen molar-refractivity contribution in [1.82, 2.24) is 4.90 Å². The maximum Gasteiger partial charge on any atom is 0.280 e. The van der Waals surface area contributed by atoms with E-state index in [4.69, 9.17) is 79.8 Å². The highest BCUT2D eigenvalue weighted by Crippen LogP contribution is 2.33. The number of amides is 1. The Labute approximate surface area is 135 Å². The monoisotopic (exact) mass is 376 g/mol. The lowest BCUT2D eigenvalue weighted by atomic mass is 10.4. The molecule has 0 aliphatic rings. The Hall–Kier alpha value is 0.840. The van der Waals surface area contributed by atoms with Crippen LogP contribution in [0, 0.1) is 5.41 Å². The van der Waals surface area contributed by atoms with Crippen molar-refractivity contribution in [3.05, 3.63) is 0 Å². The summed E-state index contributed by atoms with van der Waals surface area (Å²) in [6.45, 7) is 2.25. The van der Waals surface area contributed by atoms with Gasteiger partial charge in [-0.1, -0.05) is 69.6 Å². The zero-order chi connectivity index (χ0) is 14.6. The number of rotatable bonds is 4. The first-order valence-corrected chi connectivity index (χ1v) is 6.90. The van der Waals surface area contributed by atoms with E-state index in [2.05, 4.69) is 0 Å². The molecule has 0 aromatic carbocycles. The Morgan fingerprint density at radius 1 is 1.17 bits per heavy atom. The molecule has 0 heterocycles. The fraction of sp³-hybridized carbons (Fsp3) is 0.750. The number of alkyl halides is 6. The molecule has 0 atom stereocenters. The fourth-order valence-electron chi connectivity index (χ4n) is 0.921. The number of hydrogen-bond donors (Lipinski definition) is 1. The largest absolute Gasteiger partial charge is 0.380 e. The lowest BCUT2D eigenvalue weighted by Crippen LogP contribution is -2.49. The summed E-state index contributed by atoms with van der Waals surface area (Å²) in [5.41, 5.74) is 0. The van der Waals surface area contributed by atoms with Crippen molar-refractivity contribution in [3.8, 4) is 0 Å². The number of halogens is 6. The first kappa shape index (κ1) is 18.8. The van der Waals surface area contributed by atoms with Crippen molar-refractivity contribution in [2.24, 2.45) is 0 Å². The number of carbonyl (C=O) groups excluding carboxylic acids is 1. The number of carbonyl (C=O) groups is 1. The maximum atomic E-state index is 11.8. The van der Waals surface area contributed by atoms with Crippen LogP contribution in [0.1, 0.15) is 6.92 Å². The quantitative estimate of drug-likeness (QED) is 0.352. The van der Waals surface area contributed by atoms with E-state index >= 15 is 0 Å². The topological polar surface area (TPSA) is 53.4 Å². The third-order valence-corrected chi connectivity index (χ3v) is 2.71. The van der Waals surface area contributed by atoms with Gasteiger partial charge in [-0.3, -0.25) is 15.1 Å². The van der Waals surface area contributed by atoms with Gasteiger partial charge in [0, 0.05) is 6.61 Å². The molecular formula is C8H10Cl6N2O2. The molecule has 0 radical (unpaired) electrons. The van der Waals surface area contributed by atoms with Crippen molar-refractivity contribution in [2.45, 2.75) is 14.5 Å². The predicted molar refractivity (Wildman–Crippen MR) is 76.5 cm³/mol. The summed E-state index contributed by atoms with van der Waals surface area (Å²) < 4.78 is 0.700. The number of amidine groups is 1. The van der Waals surface area contributed by atoms with E-state index in [1.165, 1.54) is 0 Å². The van der Waals surface area contributed by atoms with Crippen LogP contribution in [-0.2, 0) is 9.53 Å². The molecule has 1 N–H and O–H groups in total. The van der Waals surface area contributed by atoms with Gasteiger partial charge in [0.15, 0.2) is 5.84 Å². The van der Waals surface area contributed by atoms with Gasteiger partial charge in [0.1, 0.15) is 0 Å². The molecule has 10 heteroatoms. The van der Waals surface area contributed by atoms with Crippen LogP contribution in [0.15, 0.2) is 0 Å². The van der Waals surface area contributed by atoms with Crippen LogP contribution < -0.4 is 0 Å². The van der Waals surface area contributed by atoms with Crippen LogP contribution in [0.25, 0.3) is 0 Å². The van der Waals surface area contributed by atoms with Crippen molar-refractivity contribution >= 4 is 81.3 Å². The standard InChI is InChI=1S/C8H10Cl6N2O2/c1-2-18-4-3-16(5(15)7(9,10)11)6(17)8(12,13)14/h15H,2-4H2,1H3. The Morgan fingerprint density at radius 2 is 1.67 bits per heavy atom. The van der Waals surface area contributed by atoms with Gasteiger partial charge in [-0.2, -0.15) is 0 Å². The summed E-state index contributed by atoms with van der Waals surface area (Å²) in [6.07, 6.45) is 0. The molecule has 0 aromatic heterocycles. The Bertz CT molecular complexity index is 286. The molecule has 0 aliphatic carbocycles. The van der Waals surface area contributed by atoms with Crippen molar-refractivity contribution in [1.29, 1.82) is 5.41 Å². The van der Waals surface area contributed by atoms with Crippen LogP contribution in [0.5, 0.6) is 0 Å². The second-order valence-corrected chi connectivity index (χ2v) is 7.56. The number of hydrogen-bond acceptors (Lipinski definition) is 3. The van der Waals surface area contributed by atoms with Gasteiger partial charge in [-0.15, -0.1) is 0 Å². The average molecular weight is 379 g/mol. The minimum Gasteiger partial charge on any atom is -0.380 e.